The third-order valence-electron chi connectivity index (χ3n) is 4.03. The lowest BCUT2D eigenvalue weighted by Gasteiger charge is -2.21. The van der Waals surface area contributed by atoms with Crippen molar-refractivity contribution in [1.29, 1.82) is 0 Å². The predicted molar refractivity (Wildman–Crippen MR) is 73.1 cm³/mol. The Morgan fingerprint density at radius 2 is 1.35 bits per heavy atom. The van der Waals surface area contributed by atoms with Crippen LogP contribution in [0.1, 0.15) is 50.0 Å². The first-order valence-electron chi connectivity index (χ1n) is 6.88. The second kappa shape index (κ2) is 4.91. The van der Waals surface area contributed by atoms with Crippen LogP contribution in [0, 0.1) is 0 Å². The maximum Gasteiger partial charge on any atom is 0.0257 e. The maximum atomic E-state index is 2.48. The van der Waals surface area contributed by atoms with Crippen molar-refractivity contribution in [3.8, 4) is 0 Å². The summed E-state index contributed by atoms with van der Waals surface area (Å²) in [5, 5.41) is 0. The second-order valence-electron chi connectivity index (χ2n) is 5.19. The van der Waals surface area contributed by atoms with E-state index in [2.05, 4.69) is 42.5 Å². The van der Waals surface area contributed by atoms with Crippen LogP contribution in [0.3, 0.4) is 0 Å². The molecule has 88 valence electrons. The zero-order valence-corrected chi connectivity index (χ0v) is 10.4. The lowest BCUT2D eigenvalue weighted by molar-refractivity contribution is 0.790. The van der Waals surface area contributed by atoms with Crippen LogP contribution in [0.25, 0.3) is 0 Å². The fraction of sp³-hybridized carbons (Fsp3) is 0.412. The Labute approximate surface area is 104 Å². The van der Waals surface area contributed by atoms with Gasteiger partial charge in [0.15, 0.2) is 0 Å². The summed E-state index contributed by atoms with van der Waals surface area (Å²) in [5.41, 5.74) is 4.84. The zero-order chi connectivity index (χ0) is 11.5. The van der Waals surface area contributed by atoms with E-state index in [1.54, 1.807) is 11.1 Å². The SMILES string of the molecule is C1=C(C(C2=CCCC2)c2ccccc2)CCC1. The first-order chi connectivity index (χ1) is 8.45. The van der Waals surface area contributed by atoms with Crippen molar-refractivity contribution < 1.29 is 0 Å². The van der Waals surface area contributed by atoms with Gasteiger partial charge in [-0.1, -0.05) is 53.6 Å². The van der Waals surface area contributed by atoms with E-state index < -0.39 is 0 Å². The summed E-state index contributed by atoms with van der Waals surface area (Å²) in [4.78, 5) is 0. The van der Waals surface area contributed by atoms with Crippen molar-refractivity contribution in [2.24, 2.45) is 0 Å². The van der Waals surface area contributed by atoms with Gasteiger partial charge in [-0.3, -0.25) is 0 Å². The molecule has 3 rings (SSSR count). The first kappa shape index (κ1) is 10.8. The molecule has 0 fully saturated rings. The Kier molecular flexibility index (Phi) is 3.13. The molecule has 0 aromatic heterocycles. The van der Waals surface area contributed by atoms with E-state index in [0.717, 1.165) is 0 Å². The molecule has 0 atom stereocenters. The van der Waals surface area contributed by atoms with E-state index in [1.165, 1.54) is 44.1 Å². The minimum Gasteiger partial charge on any atom is -0.0844 e. The highest BCUT2D eigenvalue weighted by molar-refractivity contribution is 5.40. The van der Waals surface area contributed by atoms with Crippen LogP contribution in [0.15, 0.2) is 53.6 Å². The second-order valence-corrected chi connectivity index (χ2v) is 5.19. The van der Waals surface area contributed by atoms with Gasteiger partial charge >= 0.3 is 0 Å². The highest BCUT2D eigenvalue weighted by Gasteiger charge is 2.23. The van der Waals surface area contributed by atoms with Crippen molar-refractivity contribution in [1.82, 2.24) is 0 Å². The minimum atomic E-state index is 0.598. The fourth-order valence-electron chi connectivity index (χ4n) is 3.23. The molecule has 0 heterocycles. The Morgan fingerprint density at radius 1 is 0.765 bits per heavy atom. The Balaban J connectivity index is 1.96. The monoisotopic (exact) mass is 224 g/mol. The largest absolute Gasteiger partial charge is 0.0844 e. The van der Waals surface area contributed by atoms with E-state index in [9.17, 15) is 0 Å². The van der Waals surface area contributed by atoms with Gasteiger partial charge in [-0.2, -0.15) is 0 Å². The number of hydrogen-bond acceptors (Lipinski definition) is 0. The average molecular weight is 224 g/mol. The van der Waals surface area contributed by atoms with Crippen LogP contribution in [0.5, 0.6) is 0 Å². The van der Waals surface area contributed by atoms with Crippen LogP contribution in [-0.2, 0) is 0 Å². The molecule has 0 aliphatic heterocycles. The normalized spacial score (nSPS) is 19.6. The third-order valence-corrected chi connectivity index (χ3v) is 4.03. The molecule has 1 aromatic carbocycles. The maximum absolute atomic E-state index is 2.48. The van der Waals surface area contributed by atoms with Crippen molar-refractivity contribution in [2.45, 2.75) is 44.4 Å². The molecule has 0 amide bonds. The summed E-state index contributed by atoms with van der Waals surface area (Å²) in [7, 11) is 0. The highest BCUT2D eigenvalue weighted by Crippen LogP contribution is 2.41. The summed E-state index contributed by atoms with van der Waals surface area (Å²) in [6.45, 7) is 0. The zero-order valence-electron chi connectivity index (χ0n) is 10.4. The van der Waals surface area contributed by atoms with E-state index in [1.807, 2.05) is 0 Å². The number of hydrogen-bond donors (Lipinski definition) is 0. The Hall–Kier alpha value is -1.30. The fourth-order valence-corrected chi connectivity index (χ4v) is 3.23. The molecular formula is C17H20. The molecule has 0 N–H and O–H groups in total. The molecule has 1 aromatic rings. The molecule has 2 aliphatic rings. The van der Waals surface area contributed by atoms with Crippen molar-refractivity contribution in [2.75, 3.05) is 0 Å². The summed E-state index contributed by atoms with van der Waals surface area (Å²) < 4.78 is 0. The van der Waals surface area contributed by atoms with Crippen LogP contribution >= 0.6 is 0 Å². The molecule has 0 unspecified atom stereocenters. The van der Waals surface area contributed by atoms with Gasteiger partial charge in [-0.25, -0.2) is 0 Å². The summed E-state index contributed by atoms with van der Waals surface area (Å²) in [6, 6.07) is 11.1. The first-order valence-corrected chi connectivity index (χ1v) is 6.88. The van der Waals surface area contributed by atoms with Gasteiger partial charge in [0.05, 0.1) is 0 Å². The quantitative estimate of drug-likeness (QED) is 0.634. The Bertz CT molecular complexity index is 412. The molecule has 0 nitrogen and oxygen atoms in total. The molecule has 0 saturated heterocycles. The molecule has 0 radical (unpaired) electrons. The van der Waals surface area contributed by atoms with E-state index in [-0.39, 0.29) is 0 Å². The molecular weight excluding hydrogens is 204 g/mol. The summed E-state index contributed by atoms with van der Waals surface area (Å²) >= 11 is 0. The van der Waals surface area contributed by atoms with E-state index in [0.29, 0.717) is 5.92 Å². The van der Waals surface area contributed by atoms with Gasteiger partial charge in [0, 0.05) is 5.92 Å². The highest BCUT2D eigenvalue weighted by atomic mass is 14.3. The molecule has 0 bridgehead atoms. The van der Waals surface area contributed by atoms with Crippen LogP contribution in [0.4, 0.5) is 0 Å². The van der Waals surface area contributed by atoms with Gasteiger partial charge in [-0.15, -0.1) is 0 Å². The minimum absolute atomic E-state index is 0.598. The smallest absolute Gasteiger partial charge is 0.0257 e. The van der Waals surface area contributed by atoms with Gasteiger partial charge in [-0.05, 0) is 44.1 Å². The molecule has 17 heavy (non-hydrogen) atoms. The standard InChI is InChI=1S/C17H20/c1-2-8-14(9-3-1)17(15-10-4-5-11-15)16-12-6-7-13-16/h1-3,8-10,12,17H,4-7,11,13H2. The van der Waals surface area contributed by atoms with Crippen LogP contribution in [-0.4, -0.2) is 0 Å². The molecule has 0 spiro atoms. The topological polar surface area (TPSA) is 0 Å². The van der Waals surface area contributed by atoms with Crippen LogP contribution < -0.4 is 0 Å². The molecule has 0 saturated carbocycles. The van der Waals surface area contributed by atoms with Crippen LogP contribution in [0.2, 0.25) is 0 Å². The van der Waals surface area contributed by atoms with E-state index >= 15 is 0 Å². The lowest BCUT2D eigenvalue weighted by atomic mass is 9.84. The summed E-state index contributed by atoms with van der Waals surface area (Å²) in [5.74, 6) is 0.598. The molecule has 0 heteroatoms. The molecule has 2 aliphatic carbocycles. The van der Waals surface area contributed by atoms with Gasteiger partial charge in [0.1, 0.15) is 0 Å². The van der Waals surface area contributed by atoms with E-state index in [4.69, 9.17) is 0 Å². The lowest BCUT2D eigenvalue weighted by Crippen LogP contribution is -2.03. The van der Waals surface area contributed by atoms with Crippen molar-refractivity contribution >= 4 is 0 Å². The predicted octanol–water partition coefficient (Wildman–Crippen LogP) is 4.99. The van der Waals surface area contributed by atoms with Crippen molar-refractivity contribution in [3.63, 3.8) is 0 Å². The third kappa shape index (κ3) is 2.22. The number of benzene rings is 1. The van der Waals surface area contributed by atoms with Gasteiger partial charge in [0.25, 0.3) is 0 Å². The Morgan fingerprint density at radius 3 is 1.82 bits per heavy atom. The number of allylic oxidation sites excluding steroid dienone is 4. The van der Waals surface area contributed by atoms with Gasteiger partial charge < -0.3 is 0 Å². The number of rotatable bonds is 3. The van der Waals surface area contributed by atoms with Crippen molar-refractivity contribution in [3.05, 3.63) is 59.2 Å². The summed E-state index contributed by atoms with van der Waals surface area (Å²) in [6.07, 6.45) is 12.8. The average Bonchev–Trinajstić information content (AvgIpc) is 3.04. The van der Waals surface area contributed by atoms with Gasteiger partial charge in [0.2, 0.25) is 0 Å².